The topological polar surface area (TPSA) is 44.3 Å². The van der Waals surface area contributed by atoms with E-state index in [4.69, 9.17) is 0 Å². The number of rotatable bonds is 6. The van der Waals surface area contributed by atoms with Gasteiger partial charge in [-0.05, 0) is 39.6 Å². The number of nitrogens with zero attached hydrogens (tertiary/aromatic N) is 4. The Morgan fingerprint density at radius 3 is 2.45 bits per heavy atom. The highest BCUT2D eigenvalue weighted by molar-refractivity contribution is 7.98. The lowest BCUT2D eigenvalue weighted by atomic mass is 9.75. The zero-order chi connectivity index (χ0) is 14.8. The quantitative estimate of drug-likeness (QED) is 0.641. The predicted molar refractivity (Wildman–Crippen MR) is 86.9 cm³/mol. The molecule has 0 aromatic carbocycles. The summed E-state index contributed by atoms with van der Waals surface area (Å²) in [5.41, 5.74) is 0.305. The van der Waals surface area contributed by atoms with Gasteiger partial charge in [-0.25, -0.2) is 9.97 Å². The standard InChI is InChI=1S/C14H25N5S/c1-15-11-9-12(17-13(16-11)20-5)19(4)10-14(18(2)3)7-6-8-14/h9H,6-8,10H2,1-5H3,(H,15,16,17). The monoisotopic (exact) mass is 295 g/mol. The number of anilines is 2. The first-order chi connectivity index (χ1) is 9.50. The summed E-state index contributed by atoms with van der Waals surface area (Å²) >= 11 is 1.57. The molecule has 1 aromatic heterocycles. The van der Waals surface area contributed by atoms with Crippen molar-refractivity contribution in [3.05, 3.63) is 6.07 Å². The van der Waals surface area contributed by atoms with Crippen LogP contribution in [-0.4, -0.2) is 61.4 Å². The first kappa shape index (κ1) is 15.4. The van der Waals surface area contributed by atoms with E-state index >= 15 is 0 Å². The van der Waals surface area contributed by atoms with Crippen molar-refractivity contribution in [3.63, 3.8) is 0 Å². The normalized spacial score (nSPS) is 16.9. The number of hydrogen-bond acceptors (Lipinski definition) is 6. The Kier molecular flexibility index (Phi) is 4.75. The van der Waals surface area contributed by atoms with Gasteiger partial charge in [0.15, 0.2) is 5.16 Å². The second kappa shape index (κ2) is 6.18. The van der Waals surface area contributed by atoms with E-state index in [1.165, 1.54) is 19.3 Å². The van der Waals surface area contributed by atoms with E-state index in [1.54, 1.807) is 11.8 Å². The van der Waals surface area contributed by atoms with Gasteiger partial charge < -0.3 is 15.1 Å². The minimum atomic E-state index is 0.305. The first-order valence-electron chi connectivity index (χ1n) is 7.00. The molecule has 6 heteroatoms. The minimum absolute atomic E-state index is 0.305. The highest BCUT2D eigenvalue weighted by atomic mass is 32.2. The molecule has 0 unspecified atom stereocenters. The highest BCUT2D eigenvalue weighted by Crippen LogP contribution is 2.37. The third-order valence-electron chi connectivity index (χ3n) is 4.29. The van der Waals surface area contributed by atoms with Crippen molar-refractivity contribution in [1.82, 2.24) is 14.9 Å². The summed E-state index contributed by atoms with van der Waals surface area (Å²) in [7, 11) is 8.37. The van der Waals surface area contributed by atoms with Gasteiger partial charge in [-0.15, -0.1) is 0 Å². The van der Waals surface area contributed by atoms with E-state index in [0.717, 1.165) is 23.3 Å². The molecule has 112 valence electrons. The van der Waals surface area contributed by atoms with E-state index in [0.29, 0.717) is 5.54 Å². The van der Waals surface area contributed by atoms with Crippen LogP contribution in [0.5, 0.6) is 0 Å². The van der Waals surface area contributed by atoms with Gasteiger partial charge in [-0.3, -0.25) is 0 Å². The molecule has 1 N–H and O–H groups in total. The smallest absolute Gasteiger partial charge is 0.191 e. The molecule has 1 aliphatic carbocycles. The molecule has 1 aliphatic rings. The Bertz CT molecular complexity index is 437. The average Bonchev–Trinajstić information content (AvgIpc) is 2.41. The summed E-state index contributed by atoms with van der Waals surface area (Å²) in [4.78, 5) is 13.7. The van der Waals surface area contributed by atoms with Gasteiger partial charge in [0, 0.05) is 32.2 Å². The first-order valence-corrected chi connectivity index (χ1v) is 8.22. The van der Waals surface area contributed by atoms with Crippen LogP contribution in [0.3, 0.4) is 0 Å². The Morgan fingerprint density at radius 2 is 2.00 bits per heavy atom. The maximum Gasteiger partial charge on any atom is 0.191 e. The van der Waals surface area contributed by atoms with Crippen LogP contribution < -0.4 is 10.2 Å². The van der Waals surface area contributed by atoms with Crippen molar-refractivity contribution in [2.24, 2.45) is 0 Å². The van der Waals surface area contributed by atoms with Gasteiger partial charge in [0.1, 0.15) is 11.6 Å². The summed E-state index contributed by atoms with van der Waals surface area (Å²) in [6, 6.07) is 2.02. The van der Waals surface area contributed by atoms with Crippen LogP contribution in [0.25, 0.3) is 0 Å². The number of likely N-dealkylation sites (N-methyl/N-ethyl adjacent to an activating group) is 2. The van der Waals surface area contributed by atoms with E-state index in [-0.39, 0.29) is 0 Å². The van der Waals surface area contributed by atoms with E-state index in [9.17, 15) is 0 Å². The summed E-state index contributed by atoms with van der Waals surface area (Å²) in [6.07, 6.45) is 5.87. The van der Waals surface area contributed by atoms with Crippen LogP contribution in [0, 0.1) is 0 Å². The molecular formula is C14H25N5S. The van der Waals surface area contributed by atoms with Crippen LogP contribution >= 0.6 is 11.8 Å². The summed E-state index contributed by atoms with van der Waals surface area (Å²) < 4.78 is 0. The molecule has 0 amide bonds. The fourth-order valence-corrected chi connectivity index (χ4v) is 3.06. The van der Waals surface area contributed by atoms with Crippen LogP contribution in [-0.2, 0) is 0 Å². The molecule has 1 fully saturated rings. The lowest BCUT2D eigenvalue weighted by Crippen LogP contribution is -2.56. The number of hydrogen-bond donors (Lipinski definition) is 1. The zero-order valence-corrected chi connectivity index (χ0v) is 13.9. The summed E-state index contributed by atoms with van der Waals surface area (Å²) in [5, 5.41) is 3.92. The molecular weight excluding hydrogens is 270 g/mol. The van der Waals surface area contributed by atoms with E-state index in [2.05, 4.69) is 46.2 Å². The van der Waals surface area contributed by atoms with Crippen LogP contribution in [0.1, 0.15) is 19.3 Å². The third-order valence-corrected chi connectivity index (χ3v) is 4.83. The van der Waals surface area contributed by atoms with Gasteiger partial charge in [-0.2, -0.15) is 0 Å². The van der Waals surface area contributed by atoms with Crippen molar-refractivity contribution >= 4 is 23.4 Å². The van der Waals surface area contributed by atoms with Crippen molar-refractivity contribution in [2.45, 2.75) is 30.0 Å². The highest BCUT2D eigenvalue weighted by Gasteiger charge is 2.40. The average molecular weight is 295 g/mol. The molecule has 0 radical (unpaired) electrons. The molecule has 0 spiro atoms. The molecule has 20 heavy (non-hydrogen) atoms. The van der Waals surface area contributed by atoms with Crippen molar-refractivity contribution in [1.29, 1.82) is 0 Å². The minimum Gasteiger partial charge on any atom is -0.373 e. The molecule has 1 heterocycles. The van der Waals surface area contributed by atoms with Crippen LogP contribution in [0.4, 0.5) is 11.6 Å². The van der Waals surface area contributed by atoms with Gasteiger partial charge in [0.05, 0.1) is 0 Å². The molecule has 0 aliphatic heterocycles. The Morgan fingerprint density at radius 1 is 1.30 bits per heavy atom. The van der Waals surface area contributed by atoms with Gasteiger partial charge in [-0.1, -0.05) is 11.8 Å². The van der Waals surface area contributed by atoms with Crippen molar-refractivity contribution < 1.29 is 0 Å². The molecule has 1 aromatic rings. The molecule has 2 rings (SSSR count). The number of aromatic nitrogens is 2. The number of nitrogens with one attached hydrogen (secondary N) is 1. The third kappa shape index (κ3) is 3.01. The maximum atomic E-state index is 4.62. The fourth-order valence-electron chi connectivity index (χ4n) is 2.68. The van der Waals surface area contributed by atoms with E-state index < -0.39 is 0 Å². The molecule has 5 nitrogen and oxygen atoms in total. The summed E-state index contributed by atoms with van der Waals surface area (Å²) in [6.45, 7) is 1.01. The van der Waals surface area contributed by atoms with Gasteiger partial charge in [0.25, 0.3) is 0 Å². The van der Waals surface area contributed by atoms with Gasteiger partial charge in [0.2, 0.25) is 0 Å². The lowest BCUT2D eigenvalue weighted by molar-refractivity contribution is 0.0681. The predicted octanol–water partition coefficient (Wildman–Crippen LogP) is 2.16. The van der Waals surface area contributed by atoms with Crippen molar-refractivity contribution in [3.8, 4) is 0 Å². The largest absolute Gasteiger partial charge is 0.373 e. The SMILES string of the molecule is CNc1cc(N(C)CC2(N(C)C)CCC2)nc(SC)n1. The lowest BCUT2D eigenvalue weighted by Gasteiger charge is -2.49. The van der Waals surface area contributed by atoms with E-state index in [1.807, 2.05) is 19.4 Å². The van der Waals surface area contributed by atoms with Crippen LogP contribution in [0.2, 0.25) is 0 Å². The molecule has 0 bridgehead atoms. The summed E-state index contributed by atoms with van der Waals surface area (Å²) in [5.74, 6) is 1.86. The van der Waals surface area contributed by atoms with Gasteiger partial charge >= 0.3 is 0 Å². The fraction of sp³-hybridized carbons (Fsp3) is 0.714. The van der Waals surface area contributed by atoms with Crippen LogP contribution in [0.15, 0.2) is 11.2 Å². The molecule has 0 atom stereocenters. The second-order valence-corrected chi connectivity index (χ2v) is 6.45. The zero-order valence-electron chi connectivity index (χ0n) is 13.1. The molecule has 1 saturated carbocycles. The second-order valence-electron chi connectivity index (χ2n) is 5.68. The Balaban J connectivity index is 2.18. The Hall–Kier alpha value is -1.01. The Labute approximate surface area is 126 Å². The molecule has 0 saturated heterocycles. The maximum absolute atomic E-state index is 4.62. The van der Waals surface area contributed by atoms with Crippen molar-refractivity contribution in [2.75, 3.05) is 51.2 Å². The number of thioether (sulfide) groups is 1.